The van der Waals surface area contributed by atoms with Crippen molar-refractivity contribution in [3.8, 4) is 17.0 Å². The van der Waals surface area contributed by atoms with Gasteiger partial charge in [-0.3, -0.25) is 9.89 Å². The van der Waals surface area contributed by atoms with E-state index in [0.717, 1.165) is 0 Å². The summed E-state index contributed by atoms with van der Waals surface area (Å²) in [7, 11) is 0. The fourth-order valence-corrected chi connectivity index (χ4v) is 2.18. The molecular formula is C16H16N4O2. The number of aromatic nitrogens is 3. The van der Waals surface area contributed by atoms with Gasteiger partial charge in [-0.1, -0.05) is 12.1 Å². The topological polar surface area (TPSA) is 82.9 Å². The number of phenols is 1. The molecular weight excluding hydrogens is 280 g/mol. The van der Waals surface area contributed by atoms with E-state index in [1.54, 1.807) is 30.3 Å². The number of hydrogen-bond donors (Lipinski definition) is 3. The van der Waals surface area contributed by atoms with Gasteiger partial charge in [-0.15, -0.1) is 0 Å². The molecule has 112 valence electrons. The highest BCUT2D eigenvalue weighted by atomic mass is 16.3. The summed E-state index contributed by atoms with van der Waals surface area (Å²) < 4.78 is 1.99. The van der Waals surface area contributed by atoms with Crippen molar-refractivity contribution in [3.63, 3.8) is 0 Å². The van der Waals surface area contributed by atoms with Gasteiger partial charge in [0.1, 0.15) is 11.4 Å². The van der Waals surface area contributed by atoms with E-state index >= 15 is 0 Å². The second kappa shape index (κ2) is 6.17. The fourth-order valence-electron chi connectivity index (χ4n) is 2.18. The lowest BCUT2D eigenvalue weighted by molar-refractivity contribution is 0.0947. The lowest BCUT2D eigenvalue weighted by Gasteiger charge is -2.04. The van der Waals surface area contributed by atoms with Crippen LogP contribution < -0.4 is 5.32 Å². The maximum absolute atomic E-state index is 12.0. The zero-order valence-corrected chi connectivity index (χ0v) is 11.9. The number of nitrogens with one attached hydrogen (secondary N) is 2. The van der Waals surface area contributed by atoms with E-state index in [1.807, 2.05) is 29.1 Å². The number of benzene rings is 1. The average Bonchev–Trinajstić information content (AvgIpc) is 3.19. The zero-order valence-electron chi connectivity index (χ0n) is 11.9. The number of rotatable bonds is 5. The molecule has 0 unspecified atom stereocenters. The van der Waals surface area contributed by atoms with E-state index < -0.39 is 0 Å². The fraction of sp³-hybridized carbons (Fsp3) is 0.125. The van der Waals surface area contributed by atoms with E-state index in [0.29, 0.717) is 30.0 Å². The first-order chi connectivity index (χ1) is 10.7. The molecule has 3 aromatic rings. The maximum atomic E-state index is 12.0. The molecule has 0 bridgehead atoms. The van der Waals surface area contributed by atoms with Gasteiger partial charge < -0.3 is 15.0 Å². The van der Waals surface area contributed by atoms with Gasteiger partial charge >= 0.3 is 0 Å². The normalized spacial score (nSPS) is 10.5. The van der Waals surface area contributed by atoms with Crippen LogP contribution in [0.4, 0.5) is 0 Å². The number of aromatic amines is 1. The summed E-state index contributed by atoms with van der Waals surface area (Å²) in [6, 6.07) is 12.4. The van der Waals surface area contributed by atoms with Crippen molar-refractivity contribution >= 4 is 5.91 Å². The van der Waals surface area contributed by atoms with Crippen LogP contribution in [-0.2, 0) is 6.54 Å². The van der Waals surface area contributed by atoms with Crippen LogP contribution >= 0.6 is 0 Å². The van der Waals surface area contributed by atoms with E-state index in [2.05, 4.69) is 15.5 Å². The van der Waals surface area contributed by atoms with Gasteiger partial charge in [-0.05, 0) is 30.3 Å². The van der Waals surface area contributed by atoms with Crippen LogP contribution in [0.3, 0.4) is 0 Å². The van der Waals surface area contributed by atoms with Crippen LogP contribution in [0, 0.1) is 0 Å². The first-order valence-electron chi connectivity index (χ1n) is 6.97. The lowest BCUT2D eigenvalue weighted by atomic mass is 10.1. The Morgan fingerprint density at radius 1 is 1.23 bits per heavy atom. The van der Waals surface area contributed by atoms with Gasteiger partial charge in [-0.2, -0.15) is 5.10 Å². The molecule has 0 saturated heterocycles. The van der Waals surface area contributed by atoms with Crippen LogP contribution in [0.2, 0.25) is 0 Å². The minimum absolute atomic E-state index is 0.133. The highest BCUT2D eigenvalue weighted by molar-refractivity contribution is 5.93. The minimum Gasteiger partial charge on any atom is -0.507 e. The van der Waals surface area contributed by atoms with Crippen molar-refractivity contribution < 1.29 is 9.90 Å². The smallest absolute Gasteiger partial charge is 0.269 e. The summed E-state index contributed by atoms with van der Waals surface area (Å²) in [4.78, 5) is 12.0. The van der Waals surface area contributed by atoms with Crippen molar-refractivity contribution in [1.82, 2.24) is 20.1 Å². The minimum atomic E-state index is -0.221. The van der Waals surface area contributed by atoms with Gasteiger partial charge in [0.25, 0.3) is 5.91 Å². The molecule has 0 atom stereocenters. The molecule has 0 fully saturated rings. The number of phenolic OH excluding ortho intramolecular Hbond substituents is 1. The molecule has 0 aliphatic rings. The third-order valence-electron chi connectivity index (χ3n) is 3.32. The third-order valence-corrected chi connectivity index (χ3v) is 3.32. The maximum Gasteiger partial charge on any atom is 0.269 e. The number of H-pyrrole nitrogens is 1. The summed E-state index contributed by atoms with van der Waals surface area (Å²) in [6.45, 7) is 1.23. The Balaban J connectivity index is 1.63. The molecule has 1 amide bonds. The molecule has 6 nitrogen and oxygen atoms in total. The van der Waals surface area contributed by atoms with Crippen molar-refractivity contribution in [2.75, 3.05) is 6.54 Å². The Morgan fingerprint density at radius 2 is 2.00 bits per heavy atom. The van der Waals surface area contributed by atoms with Crippen molar-refractivity contribution in [3.05, 3.63) is 60.6 Å². The number of nitrogens with zero attached hydrogens (tertiary/aromatic N) is 2. The van der Waals surface area contributed by atoms with Gasteiger partial charge in [-0.25, -0.2) is 0 Å². The van der Waals surface area contributed by atoms with Crippen molar-refractivity contribution in [1.29, 1.82) is 0 Å². The molecule has 0 aliphatic heterocycles. The summed E-state index contributed by atoms with van der Waals surface area (Å²) in [6.07, 6.45) is 3.89. The standard InChI is InChI=1S/C16H16N4O2/c21-15-6-2-1-5-12(15)13-11-14(19-18-13)16(22)17-7-10-20-8-3-4-9-20/h1-6,8-9,11,21H,7,10H2,(H,17,22)(H,18,19). The number of amides is 1. The summed E-state index contributed by atoms with van der Waals surface area (Å²) in [5.41, 5.74) is 1.49. The molecule has 0 spiro atoms. The van der Waals surface area contributed by atoms with E-state index in [1.165, 1.54) is 0 Å². The van der Waals surface area contributed by atoms with Gasteiger partial charge in [0, 0.05) is 31.0 Å². The van der Waals surface area contributed by atoms with E-state index in [9.17, 15) is 9.90 Å². The predicted molar refractivity (Wildman–Crippen MR) is 82.5 cm³/mol. The quantitative estimate of drug-likeness (QED) is 0.673. The van der Waals surface area contributed by atoms with Gasteiger partial charge in [0.05, 0.1) is 5.69 Å². The van der Waals surface area contributed by atoms with Crippen LogP contribution in [0.5, 0.6) is 5.75 Å². The van der Waals surface area contributed by atoms with E-state index in [-0.39, 0.29) is 11.7 Å². The lowest BCUT2D eigenvalue weighted by Crippen LogP contribution is -2.27. The van der Waals surface area contributed by atoms with Crippen LogP contribution in [-0.4, -0.2) is 32.3 Å². The third kappa shape index (κ3) is 3.01. The number of para-hydroxylation sites is 1. The van der Waals surface area contributed by atoms with E-state index in [4.69, 9.17) is 0 Å². The van der Waals surface area contributed by atoms with Crippen LogP contribution in [0.1, 0.15) is 10.5 Å². The molecule has 0 saturated carbocycles. The molecule has 3 rings (SSSR count). The van der Waals surface area contributed by atoms with Crippen LogP contribution in [0.15, 0.2) is 54.9 Å². The molecule has 1 aromatic carbocycles. The Hall–Kier alpha value is -3.02. The summed E-state index contributed by atoms with van der Waals surface area (Å²) >= 11 is 0. The monoisotopic (exact) mass is 296 g/mol. The highest BCUT2D eigenvalue weighted by Crippen LogP contribution is 2.27. The molecule has 0 radical (unpaired) electrons. The highest BCUT2D eigenvalue weighted by Gasteiger charge is 2.12. The predicted octanol–water partition coefficient (Wildman–Crippen LogP) is 2.01. The molecule has 3 N–H and O–H groups in total. The summed E-state index contributed by atoms with van der Waals surface area (Å²) in [5.74, 6) is -0.0881. The Labute approximate surface area is 127 Å². The molecule has 6 heteroatoms. The number of hydrogen-bond acceptors (Lipinski definition) is 3. The van der Waals surface area contributed by atoms with Gasteiger partial charge in [0.2, 0.25) is 0 Å². The van der Waals surface area contributed by atoms with Crippen molar-refractivity contribution in [2.45, 2.75) is 6.54 Å². The first-order valence-corrected chi connectivity index (χ1v) is 6.97. The van der Waals surface area contributed by atoms with Crippen molar-refractivity contribution in [2.24, 2.45) is 0 Å². The number of aromatic hydroxyl groups is 1. The SMILES string of the molecule is O=C(NCCn1cccc1)c1cc(-c2ccccc2O)n[nH]1. The second-order valence-electron chi connectivity index (χ2n) is 4.86. The Bertz CT molecular complexity index is 762. The first kappa shape index (κ1) is 13.9. The average molecular weight is 296 g/mol. The number of carbonyl (C=O) groups excluding carboxylic acids is 1. The largest absolute Gasteiger partial charge is 0.507 e. The summed E-state index contributed by atoms with van der Waals surface area (Å²) in [5, 5.41) is 19.4. The Morgan fingerprint density at radius 3 is 2.77 bits per heavy atom. The second-order valence-corrected chi connectivity index (χ2v) is 4.86. The van der Waals surface area contributed by atoms with Gasteiger partial charge in [0.15, 0.2) is 0 Å². The number of carbonyl (C=O) groups is 1. The molecule has 0 aliphatic carbocycles. The van der Waals surface area contributed by atoms with Crippen LogP contribution in [0.25, 0.3) is 11.3 Å². The molecule has 2 heterocycles. The molecule has 2 aromatic heterocycles. The zero-order chi connectivity index (χ0) is 15.4. The molecule has 22 heavy (non-hydrogen) atoms. The Kier molecular flexibility index (Phi) is 3.91.